The Kier molecular flexibility index (Phi) is 4.47. The van der Waals surface area contributed by atoms with Crippen molar-refractivity contribution in [2.45, 2.75) is 64.3 Å². The first kappa shape index (κ1) is 13.3. The molecule has 4 heteroatoms. The molecule has 1 saturated carbocycles. The fraction of sp³-hybridized carbons (Fsp3) is 1.00. The fourth-order valence-corrected chi connectivity index (χ4v) is 5.32. The first-order chi connectivity index (χ1) is 8.15. The normalized spacial score (nSPS) is 28.6. The molecule has 1 atom stereocenters. The number of rotatable bonds is 4. The molecule has 0 bridgehead atoms. The molecule has 3 nitrogen and oxygen atoms in total. The van der Waals surface area contributed by atoms with Crippen molar-refractivity contribution in [3.8, 4) is 0 Å². The molecule has 0 aromatic rings. The molecule has 1 aliphatic carbocycles. The van der Waals surface area contributed by atoms with Crippen molar-refractivity contribution in [3.63, 3.8) is 0 Å². The predicted molar refractivity (Wildman–Crippen MR) is 70.4 cm³/mol. The van der Waals surface area contributed by atoms with Crippen molar-refractivity contribution in [2.24, 2.45) is 5.92 Å². The number of hydrogen-bond acceptors (Lipinski definition) is 2. The molecule has 1 unspecified atom stereocenters. The summed E-state index contributed by atoms with van der Waals surface area (Å²) in [5, 5.41) is 0. The van der Waals surface area contributed by atoms with Crippen LogP contribution in [0.2, 0.25) is 0 Å². The molecular formula is C13H25NO2S. The molecule has 0 aromatic heterocycles. The van der Waals surface area contributed by atoms with E-state index < -0.39 is 10.0 Å². The summed E-state index contributed by atoms with van der Waals surface area (Å²) in [5.74, 6) is 0.967. The summed E-state index contributed by atoms with van der Waals surface area (Å²) < 4.78 is 26.3. The molecule has 17 heavy (non-hydrogen) atoms. The zero-order valence-corrected chi connectivity index (χ0v) is 11.7. The van der Waals surface area contributed by atoms with E-state index in [1.54, 1.807) is 0 Å². The van der Waals surface area contributed by atoms with E-state index >= 15 is 0 Å². The lowest BCUT2D eigenvalue weighted by molar-refractivity contribution is 0.226. The van der Waals surface area contributed by atoms with E-state index in [1.165, 1.54) is 32.1 Å². The topological polar surface area (TPSA) is 37.4 Å². The number of hydrogen-bond donors (Lipinski definition) is 0. The minimum absolute atomic E-state index is 0.326. The van der Waals surface area contributed by atoms with Crippen LogP contribution in [0.1, 0.15) is 58.3 Å². The molecule has 0 N–H and O–H groups in total. The summed E-state index contributed by atoms with van der Waals surface area (Å²) in [6.45, 7) is 2.72. The van der Waals surface area contributed by atoms with E-state index in [1.807, 2.05) is 11.2 Å². The molecule has 100 valence electrons. The van der Waals surface area contributed by atoms with Gasteiger partial charge in [-0.1, -0.05) is 26.2 Å². The van der Waals surface area contributed by atoms with Gasteiger partial charge in [-0.2, -0.15) is 4.31 Å². The second kappa shape index (κ2) is 5.70. The summed E-state index contributed by atoms with van der Waals surface area (Å²) in [4.78, 5) is 0. The van der Waals surface area contributed by atoms with Crippen molar-refractivity contribution in [1.29, 1.82) is 0 Å². The van der Waals surface area contributed by atoms with E-state index in [2.05, 4.69) is 0 Å². The lowest BCUT2D eigenvalue weighted by Gasteiger charge is -2.33. The second-order valence-corrected chi connectivity index (χ2v) is 7.58. The predicted octanol–water partition coefficient (Wildman–Crippen LogP) is 2.77. The van der Waals surface area contributed by atoms with Crippen molar-refractivity contribution in [1.82, 2.24) is 4.31 Å². The standard InChI is InChI=1S/C13H25NO2S/c1-2-11-17(15,16)14-10-6-9-13(14)12-7-4-3-5-8-12/h12-13H,2-11H2,1H3. The second-order valence-electron chi connectivity index (χ2n) is 5.53. The maximum Gasteiger partial charge on any atom is 0.214 e. The van der Waals surface area contributed by atoms with E-state index in [4.69, 9.17) is 0 Å². The third-order valence-electron chi connectivity index (χ3n) is 4.26. The van der Waals surface area contributed by atoms with Crippen molar-refractivity contribution < 1.29 is 8.42 Å². The minimum Gasteiger partial charge on any atom is -0.212 e. The Morgan fingerprint density at radius 3 is 2.41 bits per heavy atom. The van der Waals surface area contributed by atoms with Gasteiger partial charge in [0.25, 0.3) is 0 Å². The van der Waals surface area contributed by atoms with Gasteiger partial charge in [0.1, 0.15) is 0 Å². The van der Waals surface area contributed by atoms with E-state index in [0.717, 1.165) is 25.8 Å². The summed E-state index contributed by atoms with van der Waals surface area (Å²) in [7, 11) is -2.98. The van der Waals surface area contributed by atoms with Crippen LogP contribution in [0.4, 0.5) is 0 Å². The smallest absolute Gasteiger partial charge is 0.212 e. The Hall–Kier alpha value is -0.0900. The van der Waals surface area contributed by atoms with Gasteiger partial charge in [-0.05, 0) is 38.0 Å². The van der Waals surface area contributed by atoms with Crippen LogP contribution in [0.15, 0.2) is 0 Å². The zero-order chi connectivity index (χ0) is 12.3. The molecule has 0 radical (unpaired) electrons. The van der Waals surface area contributed by atoms with Crippen LogP contribution in [0.3, 0.4) is 0 Å². The van der Waals surface area contributed by atoms with Crippen LogP contribution >= 0.6 is 0 Å². The molecular weight excluding hydrogens is 234 g/mol. The largest absolute Gasteiger partial charge is 0.214 e. The van der Waals surface area contributed by atoms with E-state index in [9.17, 15) is 8.42 Å². The van der Waals surface area contributed by atoms with Gasteiger partial charge in [0, 0.05) is 12.6 Å². The highest BCUT2D eigenvalue weighted by Crippen LogP contribution is 2.35. The Morgan fingerprint density at radius 2 is 1.76 bits per heavy atom. The highest BCUT2D eigenvalue weighted by molar-refractivity contribution is 7.89. The average molecular weight is 259 g/mol. The molecule has 2 rings (SSSR count). The fourth-order valence-electron chi connectivity index (χ4n) is 3.48. The number of sulfonamides is 1. The van der Waals surface area contributed by atoms with E-state index in [0.29, 0.717) is 17.7 Å². The monoisotopic (exact) mass is 259 g/mol. The Bertz CT molecular complexity index is 333. The van der Waals surface area contributed by atoms with Crippen LogP contribution < -0.4 is 0 Å². The van der Waals surface area contributed by atoms with Gasteiger partial charge in [-0.3, -0.25) is 0 Å². The highest BCUT2D eigenvalue weighted by atomic mass is 32.2. The minimum atomic E-state index is -2.98. The first-order valence-corrected chi connectivity index (χ1v) is 8.75. The highest BCUT2D eigenvalue weighted by Gasteiger charge is 2.38. The molecule has 2 aliphatic rings. The number of nitrogens with zero attached hydrogens (tertiary/aromatic N) is 1. The maximum absolute atomic E-state index is 12.2. The van der Waals surface area contributed by atoms with Gasteiger partial charge >= 0.3 is 0 Å². The maximum atomic E-state index is 12.2. The van der Waals surface area contributed by atoms with Gasteiger partial charge in [-0.25, -0.2) is 8.42 Å². The molecule has 1 heterocycles. The lowest BCUT2D eigenvalue weighted by atomic mass is 9.83. The Morgan fingerprint density at radius 1 is 1.06 bits per heavy atom. The van der Waals surface area contributed by atoms with Crippen LogP contribution in [-0.2, 0) is 10.0 Å². The van der Waals surface area contributed by atoms with Crippen LogP contribution in [0.25, 0.3) is 0 Å². The summed E-state index contributed by atoms with van der Waals surface area (Å²) >= 11 is 0. The Balaban J connectivity index is 2.06. The van der Waals surface area contributed by atoms with Crippen molar-refractivity contribution in [2.75, 3.05) is 12.3 Å². The average Bonchev–Trinajstić information content (AvgIpc) is 2.79. The van der Waals surface area contributed by atoms with Gasteiger partial charge in [0.05, 0.1) is 5.75 Å². The van der Waals surface area contributed by atoms with Crippen LogP contribution in [0.5, 0.6) is 0 Å². The molecule has 0 amide bonds. The van der Waals surface area contributed by atoms with Gasteiger partial charge < -0.3 is 0 Å². The van der Waals surface area contributed by atoms with Gasteiger partial charge in [-0.15, -0.1) is 0 Å². The van der Waals surface area contributed by atoms with Crippen LogP contribution in [-0.4, -0.2) is 31.1 Å². The van der Waals surface area contributed by atoms with Gasteiger partial charge in [0.15, 0.2) is 0 Å². The van der Waals surface area contributed by atoms with Gasteiger partial charge in [0.2, 0.25) is 10.0 Å². The summed E-state index contributed by atoms with van der Waals surface area (Å²) in [6, 6.07) is 0.326. The molecule has 1 aliphatic heterocycles. The zero-order valence-electron chi connectivity index (χ0n) is 10.9. The third-order valence-corrected chi connectivity index (χ3v) is 6.35. The van der Waals surface area contributed by atoms with E-state index in [-0.39, 0.29) is 0 Å². The quantitative estimate of drug-likeness (QED) is 0.778. The summed E-state index contributed by atoms with van der Waals surface area (Å²) in [5.41, 5.74) is 0. The molecule has 0 aromatic carbocycles. The first-order valence-electron chi connectivity index (χ1n) is 7.14. The summed E-state index contributed by atoms with van der Waals surface area (Å²) in [6.07, 6.45) is 9.29. The SMILES string of the molecule is CCCS(=O)(=O)N1CCCC1C1CCCCC1. The Labute approximate surface area is 106 Å². The third kappa shape index (κ3) is 3.02. The molecule has 0 spiro atoms. The molecule has 2 fully saturated rings. The van der Waals surface area contributed by atoms with Crippen LogP contribution in [0, 0.1) is 5.92 Å². The van der Waals surface area contributed by atoms with Crippen molar-refractivity contribution in [3.05, 3.63) is 0 Å². The lowest BCUT2D eigenvalue weighted by Crippen LogP contribution is -2.41. The van der Waals surface area contributed by atoms with Crippen molar-refractivity contribution >= 4 is 10.0 Å². The molecule has 1 saturated heterocycles.